The van der Waals surface area contributed by atoms with Crippen molar-refractivity contribution in [2.75, 3.05) is 43.4 Å². The van der Waals surface area contributed by atoms with E-state index in [1.165, 1.54) is 5.39 Å². The maximum Gasteiger partial charge on any atom is 0.225 e. The van der Waals surface area contributed by atoms with E-state index in [1.807, 2.05) is 7.05 Å². The molecule has 0 aromatic carbocycles. The van der Waals surface area contributed by atoms with E-state index in [0.29, 0.717) is 12.0 Å². The highest BCUT2D eigenvalue weighted by atomic mass is 32.1. The number of fused-ring (bicyclic) bond motifs is 1. The second kappa shape index (κ2) is 5.54. The summed E-state index contributed by atoms with van der Waals surface area (Å²) in [6.07, 6.45) is 0. The van der Waals surface area contributed by atoms with Crippen molar-refractivity contribution < 1.29 is 0 Å². The van der Waals surface area contributed by atoms with Crippen LogP contribution < -0.4 is 10.2 Å². The van der Waals surface area contributed by atoms with E-state index in [0.717, 1.165) is 36.8 Å². The lowest BCUT2D eigenvalue weighted by molar-refractivity contribution is 0.209. The van der Waals surface area contributed by atoms with Gasteiger partial charge in [0.15, 0.2) is 0 Å². The standard InChI is InChI=1S/C14H21N5S/c1-10(2)18-5-7-19(8-6-18)12-11-4-9-20-13(11)17-14(15-3)16-12/h4,9-10H,5-8H2,1-3H3,(H,15,16,17). The molecule has 0 spiro atoms. The van der Waals surface area contributed by atoms with Crippen molar-refractivity contribution in [3.8, 4) is 0 Å². The van der Waals surface area contributed by atoms with Crippen LogP contribution in [-0.4, -0.2) is 54.1 Å². The van der Waals surface area contributed by atoms with E-state index in [2.05, 4.69) is 50.4 Å². The molecule has 3 heterocycles. The average Bonchev–Trinajstić information content (AvgIpc) is 2.94. The van der Waals surface area contributed by atoms with Gasteiger partial charge in [0.05, 0.1) is 5.39 Å². The highest BCUT2D eigenvalue weighted by Gasteiger charge is 2.22. The summed E-state index contributed by atoms with van der Waals surface area (Å²) in [6, 6.07) is 2.75. The molecule has 108 valence electrons. The highest BCUT2D eigenvalue weighted by molar-refractivity contribution is 7.16. The molecule has 0 saturated carbocycles. The Balaban J connectivity index is 1.88. The topological polar surface area (TPSA) is 44.3 Å². The first kappa shape index (κ1) is 13.6. The molecule has 1 N–H and O–H groups in total. The third kappa shape index (κ3) is 2.45. The maximum absolute atomic E-state index is 4.68. The van der Waals surface area contributed by atoms with Crippen LogP contribution in [0.5, 0.6) is 0 Å². The smallest absolute Gasteiger partial charge is 0.225 e. The van der Waals surface area contributed by atoms with Gasteiger partial charge < -0.3 is 10.2 Å². The molecule has 1 fully saturated rings. The quantitative estimate of drug-likeness (QED) is 0.940. The monoisotopic (exact) mass is 291 g/mol. The summed E-state index contributed by atoms with van der Waals surface area (Å²) < 4.78 is 0. The van der Waals surface area contributed by atoms with E-state index in [1.54, 1.807) is 11.3 Å². The molecule has 1 saturated heterocycles. The van der Waals surface area contributed by atoms with E-state index in [-0.39, 0.29) is 0 Å². The zero-order valence-corrected chi connectivity index (χ0v) is 13.1. The largest absolute Gasteiger partial charge is 0.357 e. The molecule has 0 radical (unpaired) electrons. The first-order chi connectivity index (χ1) is 9.69. The predicted molar refractivity (Wildman–Crippen MR) is 85.9 cm³/mol. The van der Waals surface area contributed by atoms with Crippen molar-refractivity contribution in [2.24, 2.45) is 0 Å². The number of nitrogens with one attached hydrogen (secondary N) is 1. The number of nitrogens with zero attached hydrogens (tertiary/aromatic N) is 4. The van der Waals surface area contributed by atoms with Gasteiger partial charge in [-0.1, -0.05) is 0 Å². The fraction of sp³-hybridized carbons (Fsp3) is 0.571. The molecule has 0 amide bonds. The van der Waals surface area contributed by atoms with Gasteiger partial charge in [0.1, 0.15) is 10.6 Å². The van der Waals surface area contributed by atoms with Crippen LogP contribution in [0.1, 0.15) is 13.8 Å². The first-order valence-corrected chi connectivity index (χ1v) is 7.99. The fourth-order valence-electron chi connectivity index (χ4n) is 2.64. The second-order valence-electron chi connectivity index (χ2n) is 5.38. The molecule has 2 aromatic rings. The van der Waals surface area contributed by atoms with E-state index >= 15 is 0 Å². The second-order valence-corrected chi connectivity index (χ2v) is 6.27. The Morgan fingerprint density at radius 1 is 1.20 bits per heavy atom. The molecule has 0 atom stereocenters. The van der Waals surface area contributed by atoms with Crippen LogP contribution in [0.4, 0.5) is 11.8 Å². The number of hydrogen-bond acceptors (Lipinski definition) is 6. The summed E-state index contributed by atoms with van der Waals surface area (Å²) in [5.41, 5.74) is 0. The van der Waals surface area contributed by atoms with Gasteiger partial charge in [-0.2, -0.15) is 4.98 Å². The molecule has 1 aliphatic heterocycles. The number of piperazine rings is 1. The average molecular weight is 291 g/mol. The van der Waals surface area contributed by atoms with E-state index in [9.17, 15) is 0 Å². The van der Waals surface area contributed by atoms with Gasteiger partial charge in [0, 0.05) is 39.3 Å². The summed E-state index contributed by atoms with van der Waals surface area (Å²) in [7, 11) is 1.87. The van der Waals surface area contributed by atoms with Gasteiger partial charge in [0.25, 0.3) is 0 Å². The first-order valence-electron chi connectivity index (χ1n) is 7.11. The van der Waals surface area contributed by atoms with Crippen LogP contribution in [0.25, 0.3) is 10.2 Å². The maximum atomic E-state index is 4.68. The molecule has 0 aliphatic carbocycles. The molecule has 6 heteroatoms. The van der Waals surface area contributed by atoms with Crippen LogP contribution >= 0.6 is 11.3 Å². The minimum atomic E-state index is 0.622. The Labute approximate surface area is 123 Å². The number of aromatic nitrogens is 2. The highest BCUT2D eigenvalue weighted by Crippen LogP contribution is 2.29. The lowest BCUT2D eigenvalue weighted by Gasteiger charge is -2.37. The van der Waals surface area contributed by atoms with Gasteiger partial charge in [-0.15, -0.1) is 11.3 Å². The van der Waals surface area contributed by atoms with Crippen LogP contribution in [0.3, 0.4) is 0 Å². The third-order valence-electron chi connectivity index (χ3n) is 3.87. The van der Waals surface area contributed by atoms with E-state index in [4.69, 9.17) is 0 Å². The Kier molecular flexibility index (Phi) is 3.76. The molecular formula is C14H21N5S. The van der Waals surface area contributed by atoms with Crippen molar-refractivity contribution in [3.05, 3.63) is 11.4 Å². The van der Waals surface area contributed by atoms with Crippen molar-refractivity contribution in [1.29, 1.82) is 0 Å². The lowest BCUT2D eigenvalue weighted by atomic mass is 10.2. The molecule has 5 nitrogen and oxygen atoms in total. The zero-order valence-electron chi connectivity index (χ0n) is 12.3. The van der Waals surface area contributed by atoms with Gasteiger partial charge >= 0.3 is 0 Å². The van der Waals surface area contributed by atoms with Crippen LogP contribution in [-0.2, 0) is 0 Å². The number of hydrogen-bond donors (Lipinski definition) is 1. The zero-order chi connectivity index (χ0) is 14.1. The third-order valence-corrected chi connectivity index (χ3v) is 4.68. The van der Waals surface area contributed by atoms with Crippen LogP contribution in [0.2, 0.25) is 0 Å². The number of anilines is 2. The Hall–Kier alpha value is -1.40. The molecule has 0 unspecified atom stereocenters. The van der Waals surface area contributed by atoms with Gasteiger partial charge in [-0.05, 0) is 25.3 Å². The van der Waals surface area contributed by atoms with E-state index < -0.39 is 0 Å². The van der Waals surface area contributed by atoms with Crippen molar-refractivity contribution in [2.45, 2.75) is 19.9 Å². The molecular weight excluding hydrogens is 270 g/mol. The minimum absolute atomic E-state index is 0.622. The van der Waals surface area contributed by atoms with Crippen molar-refractivity contribution in [3.63, 3.8) is 0 Å². The summed E-state index contributed by atoms with van der Waals surface area (Å²) in [5, 5.41) is 6.33. The summed E-state index contributed by atoms with van der Waals surface area (Å²) in [6.45, 7) is 8.78. The van der Waals surface area contributed by atoms with Crippen molar-refractivity contribution in [1.82, 2.24) is 14.9 Å². The Bertz CT molecular complexity index is 586. The summed E-state index contributed by atoms with van der Waals surface area (Å²) in [4.78, 5) is 15.2. The predicted octanol–water partition coefficient (Wildman–Crippen LogP) is 2.26. The normalized spacial score (nSPS) is 17.1. The van der Waals surface area contributed by atoms with Gasteiger partial charge in [0.2, 0.25) is 5.95 Å². The molecule has 20 heavy (non-hydrogen) atoms. The molecule has 1 aliphatic rings. The minimum Gasteiger partial charge on any atom is -0.357 e. The number of rotatable bonds is 3. The SMILES string of the molecule is CNc1nc(N2CCN(C(C)C)CC2)c2ccsc2n1. The summed E-state index contributed by atoms with van der Waals surface area (Å²) >= 11 is 1.67. The molecule has 0 bridgehead atoms. The fourth-order valence-corrected chi connectivity index (χ4v) is 3.40. The van der Waals surface area contributed by atoms with Gasteiger partial charge in [-0.3, -0.25) is 4.90 Å². The van der Waals surface area contributed by atoms with Crippen LogP contribution in [0.15, 0.2) is 11.4 Å². The Morgan fingerprint density at radius 2 is 1.95 bits per heavy atom. The van der Waals surface area contributed by atoms with Gasteiger partial charge in [-0.25, -0.2) is 4.98 Å². The molecule has 3 rings (SSSR count). The Morgan fingerprint density at radius 3 is 2.60 bits per heavy atom. The number of thiophene rings is 1. The molecule has 2 aromatic heterocycles. The summed E-state index contributed by atoms with van der Waals surface area (Å²) in [5.74, 6) is 1.78. The lowest BCUT2D eigenvalue weighted by Crippen LogP contribution is -2.49. The van der Waals surface area contributed by atoms with Crippen molar-refractivity contribution >= 4 is 33.3 Å². The van der Waals surface area contributed by atoms with Crippen LogP contribution in [0, 0.1) is 0 Å².